The molecule has 1 amide bonds. The zero-order chi connectivity index (χ0) is 20.5. The fourth-order valence-corrected chi connectivity index (χ4v) is 3.31. The third kappa shape index (κ3) is 4.31. The van der Waals surface area contributed by atoms with Gasteiger partial charge in [-0.3, -0.25) is 4.79 Å². The summed E-state index contributed by atoms with van der Waals surface area (Å²) in [5.74, 6) is 1.23. The highest BCUT2D eigenvalue weighted by molar-refractivity contribution is 7.90. The number of sulfone groups is 1. The van der Waals surface area contributed by atoms with Gasteiger partial charge in [0.05, 0.1) is 11.1 Å². The third-order valence-electron chi connectivity index (χ3n) is 4.36. The van der Waals surface area contributed by atoms with E-state index in [1.54, 1.807) is 31.3 Å². The maximum absolute atomic E-state index is 12.6. The van der Waals surface area contributed by atoms with Gasteiger partial charge in [0, 0.05) is 29.0 Å². The fourth-order valence-electron chi connectivity index (χ4n) is 2.66. The Labute approximate surface area is 164 Å². The summed E-state index contributed by atoms with van der Waals surface area (Å²) in [5.41, 5.74) is 2.41. The van der Waals surface area contributed by atoms with E-state index < -0.39 is 9.84 Å². The van der Waals surface area contributed by atoms with Crippen LogP contribution in [-0.4, -0.2) is 25.6 Å². The first-order valence-electron chi connectivity index (χ1n) is 8.83. The molecule has 6 nitrogen and oxygen atoms in total. The molecule has 7 heteroatoms. The van der Waals surface area contributed by atoms with Crippen molar-refractivity contribution in [2.75, 3.05) is 11.6 Å². The molecule has 0 saturated heterocycles. The molecule has 0 radical (unpaired) electrons. The van der Waals surface area contributed by atoms with E-state index in [0.29, 0.717) is 22.7 Å². The molecule has 0 saturated carbocycles. The van der Waals surface area contributed by atoms with Gasteiger partial charge in [0.25, 0.3) is 5.91 Å². The van der Waals surface area contributed by atoms with E-state index >= 15 is 0 Å². The largest absolute Gasteiger partial charge is 0.441 e. The van der Waals surface area contributed by atoms with E-state index in [2.05, 4.69) is 10.3 Å². The Morgan fingerprint density at radius 1 is 1.11 bits per heavy atom. The Bertz CT molecular complexity index is 1110. The smallest absolute Gasteiger partial charge is 0.255 e. The molecule has 0 aliphatic carbocycles. The van der Waals surface area contributed by atoms with Crippen LogP contribution in [0.4, 0.5) is 5.69 Å². The van der Waals surface area contributed by atoms with Crippen molar-refractivity contribution in [2.45, 2.75) is 31.6 Å². The number of benzene rings is 2. The van der Waals surface area contributed by atoms with Gasteiger partial charge in [-0.2, -0.15) is 0 Å². The van der Waals surface area contributed by atoms with Gasteiger partial charge in [-0.15, -0.1) is 0 Å². The molecular weight excluding hydrogens is 376 g/mol. The topological polar surface area (TPSA) is 89.3 Å². The van der Waals surface area contributed by atoms with Crippen LogP contribution in [0, 0.1) is 6.92 Å². The molecule has 1 N–H and O–H groups in total. The molecule has 1 heterocycles. The monoisotopic (exact) mass is 398 g/mol. The van der Waals surface area contributed by atoms with Gasteiger partial charge in [-0.1, -0.05) is 19.9 Å². The molecule has 0 bridgehead atoms. The molecule has 0 fully saturated rings. The van der Waals surface area contributed by atoms with Gasteiger partial charge in [0.2, 0.25) is 5.89 Å². The second-order valence-corrected chi connectivity index (χ2v) is 9.02. The summed E-state index contributed by atoms with van der Waals surface area (Å²) < 4.78 is 29.2. The van der Waals surface area contributed by atoms with Crippen LogP contribution in [0.1, 0.15) is 41.4 Å². The van der Waals surface area contributed by atoms with Gasteiger partial charge >= 0.3 is 0 Å². The minimum atomic E-state index is -3.39. The van der Waals surface area contributed by atoms with Gasteiger partial charge in [0.1, 0.15) is 5.76 Å². The molecule has 3 rings (SSSR count). The molecule has 3 aromatic rings. The number of nitrogens with one attached hydrogen (secondary N) is 1. The van der Waals surface area contributed by atoms with Crippen molar-refractivity contribution in [1.29, 1.82) is 0 Å². The van der Waals surface area contributed by atoms with Crippen molar-refractivity contribution in [3.8, 4) is 11.5 Å². The fraction of sp³-hybridized carbons (Fsp3) is 0.238. The number of hydrogen-bond donors (Lipinski definition) is 1. The maximum atomic E-state index is 12.6. The zero-order valence-corrected chi connectivity index (χ0v) is 17.0. The van der Waals surface area contributed by atoms with Crippen molar-refractivity contribution in [3.05, 3.63) is 65.5 Å². The molecule has 0 unspecified atom stereocenters. The summed E-state index contributed by atoms with van der Waals surface area (Å²) in [6.07, 6.45) is 2.83. The summed E-state index contributed by atoms with van der Waals surface area (Å²) in [6, 6.07) is 11.6. The Morgan fingerprint density at radius 3 is 2.36 bits per heavy atom. The molecule has 28 heavy (non-hydrogen) atoms. The predicted octanol–water partition coefficient (Wildman–Crippen LogP) is 4.43. The lowest BCUT2D eigenvalue weighted by atomic mass is 10.1. The Kier molecular flexibility index (Phi) is 5.38. The van der Waals surface area contributed by atoms with Crippen molar-refractivity contribution in [3.63, 3.8) is 0 Å². The Hall–Kier alpha value is -2.93. The van der Waals surface area contributed by atoms with E-state index in [1.165, 1.54) is 12.1 Å². The lowest BCUT2D eigenvalue weighted by Crippen LogP contribution is -2.14. The first kappa shape index (κ1) is 19.8. The third-order valence-corrected chi connectivity index (χ3v) is 5.47. The molecule has 0 aliphatic heterocycles. The number of carbonyl (C=O) groups excluding carboxylic acids is 1. The highest BCUT2D eigenvalue weighted by Crippen LogP contribution is 2.25. The molecule has 1 aromatic heterocycles. The van der Waals surface area contributed by atoms with Crippen LogP contribution in [-0.2, 0) is 9.84 Å². The van der Waals surface area contributed by atoms with Crippen LogP contribution in [0.5, 0.6) is 0 Å². The Balaban J connectivity index is 1.79. The van der Waals surface area contributed by atoms with E-state index in [1.807, 2.05) is 26.0 Å². The number of amides is 1. The first-order chi connectivity index (χ1) is 13.1. The molecule has 146 valence electrons. The number of aryl methyl sites for hydroxylation is 1. The van der Waals surface area contributed by atoms with Crippen molar-refractivity contribution < 1.29 is 17.6 Å². The molecular formula is C21H22N2O4S. The minimum Gasteiger partial charge on any atom is -0.441 e. The van der Waals surface area contributed by atoms with Crippen LogP contribution in [0.15, 0.2) is 58.0 Å². The van der Waals surface area contributed by atoms with Crippen LogP contribution in [0.2, 0.25) is 0 Å². The lowest BCUT2D eigenvalue weighted by molar-refractivity contribution is 0.102. The van der Waals surface area contributed by atoms with Gasteiger partial charge in [-0.25, -0.2) is 13.4 Å². The predicted molar refractivity (Wildman–Crippen MR) is 108 cm³/mol. The highest BCUT2D eigenvalue weighted by Gasteiger charge is 2.15. The number of aromatic nitrogens is 1. The van der Waals surface area contributed by atoms with Crippen LogP contribution >= 0.6 is 0 Å². The number of anilines is 1. The van der Waals surface area contributed by atoms with Gasteiger partial charge in [0.15, 0.2) is 9.84 Å². The molecule has 0 spiro atoms. The van der Waals surface area contributed by atoms with Crippen LogP contribution in [0.3, 0.4) is 0 Å². The minimum absolute atomic E-state index is 0.114. The first-order valence-corrected chi connectivity index (χ1v) is 10.7. The summed E-state index contributed by atoms with van der Waals surface area (Å²) in [4.78, 5) is 17.0. The zero-order valence-electron chi connectivity index (χ0n) is 16.2. The van der Waals surface area contributed by atoms with E-state index in [9.17, 15) is 13.2 Å². The molecule has 2 aromatic carbocycles. The summed E-state index contributed by atoms with van der Waals surface area (Å²) in [7, 11) is -3.39. The second kappa shape index (κ2) is 7.59. The quantitative estimate of drug-likeness (QED) is 0.687. The molecule has 0 atom stereocenters. The van der Waals surface area contributed by atoms with E-state index in [0.717, 1.165) is 17.6 Å². The Morgan fingerprint density at radius 2 is 1.79 bits per heavy atom. The van der Waals surface area contributed by atoms with E-state index in [-0.39, 0.29) is 16.7 Å². The maximum Gasteiger partial charge on any atom is 0.255 e. The lowest BCUT2D eigenvalue weighted by Gasteiger charge is -2.09. The van der Waals surface area contributed by atoms with Crippen molar-refractivity contribution >= 4 is 21.4 Å². The average molecular weight is 398 g/mol. The molecule has 0 aliphatic rings. The summed E-state index contributed by atoms with van der Waals surface area (Å²) in [6.45, 7) is 5.83. The summed E-state index contributed by atoms with van der Waals surface area (Å²) >= 11 is 0. The second-order valence-electron chi connectivity index (χ2n) is 7.00. The van der Waals surface area contributed by atoms with Crippen molar-refractivity contribution in [2.24, 2.45) is 0 Å². The van der Waals surface area contributed by atoms with Crippen LogP contribution in [0.25, 0.3) is 11.5 Å². The number of rotatable bonds is 5. The van der Waals surface area contributed by atoms with E-state index in [4.69, 9.17) is 4.42 Å². The average Bonchev–Trinajstić information content (AvgIpc) is 3.12. The number of oxazole rings is 1. The number of hydrogen-bond acceptors (Lipinski definition) is 5. The standard InChI is InChI=1S/C21H22N2O4S/c1-13(2)19-12-22-21(27-19)15-6-8-16(9-7-15)23-20(24)18-11-17(28(4,25)26)10-5-14(18)3/h5-13H,1-4H3,(H,23,24). The van der Waals surface area contributed by atoms with Gasteiger partial charge < -0.3 is 9.73 Å². The summed E-state index contributed by atoms with van der Waals surface area (Å²) in [5, 5.41) is 2.80. The SMILES string of the molecule is Cc1ccc(S(C)(=O)=O)cc1C(=O)Nc1ccc(-c2ncc(C(C)C)o2)cc1. The van der Waals surface area contributed by atoms with Crippen molar-refractivity contribution in [1.82, 2.24) is 4.98 Å². The highest BCUT2D eigenvalue weighted by atomic mass is 32.2. The van der Waals surface area contributed by atoms with Crippen LogP contribution < -0.4 is 5.32 Å². The number of carbonyl (C=O) groups is 1. The normalized spacial score (nSPS) is 11.6. The number of nitrogens with zero attached hydrogens (tertiary/aromatic N) is 1. The van der Waals surface area contributed by atoms with Gasteiger partial charge in [-0.05, 0) is 48.9 Å².